The number of aromatic nitrogens is 4. The molecule has 2 unspecified atom stereocenters. The standard InChI is InChI=1S/C25H23Cl2N5O/c1-2-31-13-18(19-11-30-32(14-19)22-9-21(15-33)28-12-22)8-23-17(10-29-25(23)31)4-3-16-7-20(26)5-6-24(16)27/h5-8,10-11,13-14,21-22,28,33H,2,9,12,15H2,1H3/p+1. The second kappa shape index (κ2) is 9.20. The summed E-state index contributed by atoms with van der Waals surface area (Å²) in [6, 6.07) is 7.81. The van der Waals surface area contributed by atoms with E-state index in [0.29, 0.717) is 15.6 Å². The average molecular weight is 481 g/mol. The van der Waals surface area contributed by atoms with Crippen LogP contribution in [0.3, 0.4) is 0 Å². The minimum atomic E-state index is 0.134. The number of hydrogen-bond donors (Lipinski definition) is 3. The van der Waals surface area contributed by atoms with E-state index in [1.165, 1.54) is 0 Å². The van der Waals surface area contributed by atoms with Gasteiger partial charge in [0.05, 0.1) is 47.6 Å². The van der Waals surface area contributed by atoms with Crippen LogP contribution in [0.25, 0.3) is 22.2 Å². The number of aryl methyl sites for hydroxylation is 1. The molecule has 1 fully saturated rings. The van der Waals surface area contributed by atoms with Crippen LogP contribution >= 0.6 is 23.2 Å². The highest BCUT2D eigenvalue weighted by Crippen LogP contribution is 2.26. The van der Waals surface area contributed by atoms with Gasteiger partial charge < -0.3 is 10.4 Å². The Balaban J connectivity index is 1.52. The number of rotatable bonds is 4. The van der Waals surface area contributed by atoms with E-state index < -0.39 is 0 Å². The highest BCUT2D eigenvalue weighted by molar-refractivity contribution is 6.33. The van der Waals surface area contributed by atoms with Crippen LogP contribution in [0.5, 0.6) is 0 Å². The zero-order valence-electron chi connectivity index (χ0n) is 18.1. The maximum atomic E-state index is 9.40. The van der Waals surface area contributed by atoms with Crippen molar-refractivity contribution in [2.24, 2.45) is 0 Å². The van der Waals surface area contributed by atoms with Crippen molar-refractivity contribution in [2.45, 2.75) is 32.0 Å². The van der Waals surface area contributed by atoms with Crippen molar-refractivity contribution >= 4 is 34.2 Å². The van der Waals surface area contributed by atoms with E-state index in [9.17, 15) is 5.11 Å². The number of hydrogen-bond acceptors (Lipinski definition) is 3. The first-order valence-electron chi connectivity index (χ1n) is 11.0. The molecule has 2 atom stereocenters. The SMILES string of the molecule is CC[n+]1cc(-c2cnn(C3CNC(CO)C3)c2)cc2c(C#Cc3cc(Cl)ccc3Cl)c[nH]c21. The molecule has 4 heterocycles. The lowest BCUT2D eigenvalue weighted by molar-refractivity contribution is -0.669. The number of nitrogens with zero attached hydrogens (tertiary/aromatic N) is 3. The van der Waals surface area contributed by atoms with E-state index in [4.69, 9.17) is 23.2 Å². The summed E-state index contributed by atoms with van der Waals surface area (Å²) in [4.78, 5) is 3.36. The summed E-state index contributed by atoms with van der Waals surface area (Å²) in [5.74, 6) is 6.41. The largest absolute Gasteiger partial charge is 0.395 e. The minimum absolute atomic E-state index is 0.134. The van der Waals surface area contributed by atoms with Crippen LogP contribution in [0.1, 0.15) is 30.5 Å². The van der Waals surface area contributed by atoms with E-state index in [2.05, 4.69) is 57.2 Å². The predicted octanol–water partition coefficient (Wildman–Crippen LogP) is 3.94. The molecule has 0 amide bonds. The van der Waals surface area contributed by atoms with Gasteiger partial charge in [-0.3, -0.25) is 4.68 Å². The van der Waals surface area contributed by atoms with Gasteiger partial charge in [-0.15, -0.1) is 0 Å². The molecular weight excluding hydrogens is 457 g/mol. The van der Waals surface area contributed by atoms with E-state index in [0.717, 1.165) is 47.2 Å². The Morgan fingerprint density at radius 1 is 1.21 bits per heavy atom. The molecule has 0 radical (unpaired) electrons. The Bertz CT molecular complexity index is 1380. The van der Waals surface area contributed by atoms with Gasteiger partial charge in [0, 0.05) is 40.5 Å². The van der Waals surface area contributed by atoms with Crippen molar-refractivity contribution in [1.82, 2.24) is 20.1 Å². The lowest BCUT2D eigenvalue weighted by Crippen LogP contribution is -2.33. The van der Waals surface area contributed by atoms with Gasteiger partial charge in [-0.05, 0) is 37.6 Å². The normalized spacial score (nSPS) is 17.9. The van der Waals surface area contributed by atoms with Crippen molar-refractivity contribution in [3.8, 4) is 23.0 Å². The van der Waals surface area contributed by atoms with Gasteiger partial charge in [-0.25, -0.2) is 9.55 Å². The monoisotopic (exact) mass is 480 g/mol. The molecule has 1 aliphatic rings. The van der Waals surface area contributed by atoms with Gasteiger partial charge in [0.1, 0.15) is 6.20 Å². The Morgan fingerprint density at radius 2 is 2.06 bits per heavy atom. The molecule has 0 bridgehead atoms. The molecular formula is C25H24Cl2N5O+. The van der Waals surface area contributed by atoms with Crippen molar-refractivity contribution < 1.29 is 9.67 Å². The van der Waals surface area contributed by atoms with E-state index in [-0.39, 0.29) is 18.7 Å². The first-order chi connectivity index (χ1) is 16.1. The quantitative estimate of drug-likeness (QED) is 0.306. The molecule has 1 aromatic carbocycles. The summed E-state index contributed by atoms with van der Waals surface area (Å²) in [5.41, 5.74) is 4.73. The summed E-state index contributed by atoms with van der Waals surface area (Å²) >= 11 is 12.4. The van der Waals surface area contributed by atoms with Gasteiger partial charge in [-0.1, -0.05) is 35.0 Å². The fraction of sp³-hybridized carbons (Fsp3) is 0.280. The molecule has 33 heavy (non-hydrogen) atoms. The summed E-state index contributed by atoms with van der Waals surface area (Å²) in [5, 5.41) is 19.6. The Kier molecular flexibility index (Phi) is 6.13. The smallest absolute Gasteiger partial charge is 0.287 e. The second-order valence-electron chi connectivity index (χ2n) is 8.24. The molecule has 1 aliphatic heterocycles. The van der Waals surface area contributed by atoms with Gasteiger partial charge in [0.25, 0.3) is 5.65 Å². The predicted molar refractivity (Wildman–Crippen MR) is 130 cm³/mol. The topological polar surface area (TPSA) is 69.8 Å². The molecule has 3 aromatic heterocycles. The Hall–Kier alpha value is -2.82. The van der Waals surface area contributed by atoms with Crippen LogP contribution in [-0.4, -0.2) is 39.1 Å². The first kappa shape index (κ1) is 22.0. The van der Waals surface area contributed by atoms with Crippen LogP contribution < -0.4 is 9.88 Å². The number of aliphatic hydroxyl groups is 1. The zero-order chi connectivity index (χ0) is 22.9. The first-order valence-corrected chi connectivity index (χ1v) is 11.7. The molecule has 5 rings (SSSR count). The maximum Gasteiger partial charge on any atom is 0.287 e. The van der Waals surface area contributed by atoms with Gasteiger partial charge >= 0.3 is 0 Å². The molecule has 0 aliphatic carbocycles. The maximum absolute atomic E-state index is 9.40. The fourth-order valence-corrected chi connectivity index (χ4v) is 4.63. The van der Waals surface area contributed by atoms with Crippen molar-refractivity contribution in [1.29, 1.82) is 0 Å². The number of pyridine rings is 1. The molecule has 3 N–H and O–H groups in total. The third kappa shape index (κ3) is 4.38. The van der Waals surface area contributed by atoms with Crippen LogP contribution in [0.2, 0.25) is 10.0 Å². The highest BCUT2D eigenvalue weighted by atomic mass is 35.5. The number of aliphatic hydroxyl groups excluding tert-OH is 1. The Labute approximate surface area is 202 Å². The van der Waals surface area contributed by atoms with Gasteiger partial charge in [-0.2, -0.15) is 5.10 Å². The Morgan fingerprint density at radius 3 is 2.85 bits per heavy atom. The number of halogens is 2. The van der Waals surface area contributed by atoms with Gasteiger partial charge in [0.2, 0.25) is 0 Å². The van der Waals surface area contributed by atoms with Crippen LogP contribution in [0.4, 0.5) is 0 Å². The highest BCUT2D eigenvalue weighted by Gasteiger charge is 2.25. The lowest BCUT2D eigenvalue weighted by Gasteiger charge is -2.09. The van der Waals surface area contributed by atoms with Crippen LogP contribution in [0, 0.1) is 11.8 Å². The van der Waals surface area contributed by atoms with Crippen molar-refractivity contribution in [2.75, 3.05) is 13.2 Å². The summed E-state index contributed by atoms with van der Waals surface area (Å²) in [7, 11) is 0. The average Bonchev–Trinajstić information content (AvgIpc) is 3.58. The lowest BCUT2D eigenvalue weighted by atomic mass is 10.1. The molecule has 0 spiro atoms. The number of H-pyrrole nitrogens is 1. The number of nitrogens with one attached hydrogen (secondary N) is 2. The van der Waals surface area contributed by atoms with E-state index in [1.807, 2.05) is 17.1 Å². The summed E-state index contributed by atoms with van der Waals surface area (Å²) in [6.45, 7) is 3.89. The third-order valence-electron chi connectivity index (χ3n) is 6.11. The van der Waals surface area contributed by atoms with Crippen LogP contribution in [0.15, 0.2) is 49.1 Å². The van der Waals surface area contributed by atoms with Gasteiger partial charge in [0.15, 0.2) is 0 Å². The van der Waals surface area contributed by atoms with E-state index in [1.54, 1.807) is 18.2 Å². The number of benzene rings is 1. The summed E-state index contributed by atoms with van der Waals surface area (Å²) < 4.78 is 4.18. The summed E-state index contributed by atoms with van der Waals surface area (Å²) in [6.07, 6.45) is 8.91. The van der Waals surface area contributed by atoms with E-state index >= 15 is 0 Å². The third-order valence-corrected chi connectivity index (χ3v) is 6.67. The van der Waals surface area contributed by atoms with Crippen molar-refractivity contribution in [3.05, 3.63) is 70.2 Å². The zero-order valence-corrected chi connectivity index (χ0v) is 19.7. The molecule has 8 heteroatoms. The fourth-order valence-electron chi connectivity index (χ4n) is 4.30. The molecule has 0 saturated carbocycles. The molecule has 168 valence electrons. The van der Waals surface area contributed by atoms with Crippen LogP contribution in [-0.2, 0) is 6.54 Å². The number of aromatic amines is 1. The molecule has 4 aromatic rings. The number of fused-ring (bicyclic) bond motifs is 1. The van der Waals surface area contributed by atoms with Crippen molar-refractivity contribution in [3.63, 3.8) is 0 Å². The molecule has 1 saturated heterocycles. The second-order valence-corrected chi connectivity index (χ2v) is 9.08. The molecule has 6 nitrogen and oxygen atoms in total. The minimum Gasteiger partial charge on any atom is -0.395 e.